The summed E-state index contributed by atoms with van der Waals surface area (Å²) < 4.78 is 38.5. The minimum Gasteiger partial charge on any atom is -0.222 e. The second-order valence-corrected chi connectivity index (χ2v) is 7.30. The summed E-state index contributed by atoms with van der Waals surface area (Å²) >= 11 is 0. The van der Waals surface area contributed by atoms with Gasteiger partial charge in [-0.2, -0.15) is 14.5 Å². The number of rotatable bonds is 2. The molecule has 156 valence electrons. The van der Waals surface area contributed by atoms with Gasteiger partial charge in [0.1, 0.15) is 16.7 Å². The lowest BCUT2D eigenvalue weighted by Gasteiger charge is -2.17. The van der Waals surface area contributed by atoms with E-state index in [0.29, 0.717) is 0 Å². The fourth-order valence-electron chi connectivity index (χ4n) is 3.09. The van der Waals surface area contributed by atoms with Crippen molar-refractivity contribution in [2.45, 2.75) is 51.4 Å². The summed E-state index contributed by atoms with van der Waals surface area (Å²) in [5, 5.41) is 7.97. The Bertz CT molecular complexity index is 910. The largest absolute Gasteiger partial charge is 0.639 e. The summed E-state index contributed by atoms with van der Waals surface area (Å²) in [6.07, 6.45) is 8.73. The highest BCUT2D eigenvalue weighted by Gasteiger charge is 2.23. The van der Waals surface area contributed by atoms with E-state index >= 15 is 0 Å². The van der Waals surface area contributed by atoms with Crippen LogP contribution in [-0.2, 0) is 4.89 Å². The summed E-state index contributed by atoms with van der Waals surface area (Å²) in [5.41, 5.74) is 3.73. The van der Waals surface area contributed by atoms with Gasteiger partial charge in [-0.15, -0.1) is 15.3 Å². The number of amidine groups is 1. The average molecular weight is 426 g/mol. The Balaban J connectivity index is 0.000000431. The highest BCUT2D eigenvalue weighted by Crippen LogP contribution is 2.15. The summed E-state index contributed by atoms with van der Waals surface area (Å²) in [4.78, 5) is 16.6. The van der Waals surface area contributed by atoms with E-state index < -0.39 is 10.2 Å². The Kier molecular flexibility index (Phi) is 7.15. The van der Waals surface area contributed by atoms with Crippen molar-refractivity contribution in [3.63, 3.8) is 0 Å². The van der Waals surface area contributed by atoms with Crippen LogP contribution < -0.4 is 28.3 Å². The number of fused-ring (bicyclic) bond motifs is 1. The van der Waals surface area contributed by atoms with Gasteiger partial charge in [0.05, 0.1) is 0 Å². The van der Waals surface area contributed by atoms with Crippen LogP contribution in [0, 0.1) is 10.2 Å². The highest BCUT2D eigenvalue weighted by molar-refractivity contribution is 5.98. The van der Waals surface area contributed by atoms with Crippen LogP contribution in [-0.4, -0.2) is 32.6 Å². The molecule has 2 aromatic rings. The number of aromatic nitrogens is 3. The normalized spacial score (nSPS) is 16.3. The molecule has 1 aromatic heterocycles. The molecule has 12 heteroatoms. The van der Waals surface area contributed by atoms with E-state index in [0.717, 1.165) is 48.1 Å². The van der Waals surface area contributed by atoms with Crippen molar-refractivity contribution in [1.29, 1.82) is 0 Å². The monoisotopic (exact) mass is 425 g/mol. The summed E-state index contributed by atoms with van der Waals surface area (Å²) in [6, 6.07) is 7.79. The first-order valence-electron chi connectivity index (χ1n) is 9.15. The third-order valence-corrected chi connectivity index (χ3v) is 4.37. The Morgan fingerprint density at radius 2 is 1.62 bits per heavy atom. The molecule has 29 heavy (non-hydrogen) atoms. The van der Waals surface area contributed by atoms with Crippen LogP contribution in [0.1, 0.15) is 51.4 Å². The standard InChI is InChI=1S/C17H20N5O2.ClHO4/c1-2-8-13(7-1)18-17(19-14-9-3-4-10-14)23-24-22-16-12-6-5-11-15(16)20-21-22;2-1(3,4)5/h5-6,11-12H,1-4,7-10H2;(H,2,3,4,5)/q+1;/p-1. The molecule has 0 amide bonds. The maximum absolute atomic E-state index is 8.49. The molecular weight excluding hydrogens is 406 g/mol. The van der Waals surface area contributed by atoms with Gasteiger partial charge in [0.2, 0.25) is 0 Å². The molecule has 4 rings (SSSR count). The van der Waals surface area contributed by atoms with E-state index in [1.807, 2.05) is 24.3 Å². The van der Waals surface area contributed by atoms with Gasteiger partial charge in [-0.05, 0) is 47.9 Å². The maximum atomic E-state index is 8.49. The number of para-hydroxylation sites is 1. The van der Waals surface area contributed by atoms with Crippen molar-refractivity contribution in [1.82, 2.24) is 19.8 Å². The Labute approximate surface area is 168 Å². The average Bonchev–Trinajstić information content (AvgIpc) is 3.41. The van der Waals surface area contributed by atoms with Gasteiger partial charge >= 0.3 is 6.02 Å². The van der Waals surface area contributed by atoms with Gasteiger partial charge in [0.15, 0.2) is 5.71 Å². The molecule has 11 nitrogen and oxygen atoms in total. The van der Waals surface area contributed by atoms with Crippen molar-refractivity contribution >= 4 is 28.5 Å². The highest BCUT2D eigenvalue weighted by atomic mass is 35.7. The second-order valence-electron chi connectivity index (χ2n) is 6.54. The molecule has 2 aliphatic rings. The van der Waals surface area contributed by atoms with Crippen LogP contribution in [0.5, 0.6) is 0 Å². The molecule has 0 radical (unpaired) electrons. The van der Waals surface area contributed by atoms with Crippen LogP contribution >= 0.6 is 0 Å². The number of nitrogens with zero attached hydrogens (tertiary/aromatic N) is 5. The third kappa shape index (κ3) is 7.09. The maximum Gasteiger partial charge on any atom is 0.639 e. The SMILES string of the molecule is [O-][Cl+3]([O-])([O-])[O-].c1ccc2c(c1)nnn2OOC(N=C1CCCC1)=[N+]=C1CCCC1. The molecular formula is C17H20ClN5O6. The van der Waals surface area contributed by atoms with E-state index in [-0.39, 0.29) is 6.02 Å². The molecule has 1 aromatic carbocycles. The zero-order valence-electron chi connectivity index (χ0n) is 15.5. The Hall–Kier alpha value is -2.53. The first-order valence-corrected chi connectivity index (χ1v) is 10.4. The van der Waals surface area contributed by atoms with Gasteiger partial charge in [-0.3, -0.25) is 0 Å². The first-order chi connectivity index (χ1) is 13.9. The van der Waals surface area contributed by atoms with Crippen LogP contribution in [0.25, 0.3) is 11.0 Å². The van der Waals surface area contributed by atoms with Gasteiger partial charge in [-0.1, -0.05) is 12.1 Å². The Morgan fingerprint density at radius 3 is 2.31 bits per heavy atom. The second kappa shape index (κ2) is 9.79. The van der Waals surface area contributed by atoms with Crippen molar-refractivity contribution in [3.05, 3.63) is 24.3 Å². The molecule has 0 saturated heterocycles. The van der Waals surface area contributed by atoms with Gasteiger partial charge in [0, 0.05) is 30.7 Å². The van der Waals surface area contributed by atoms with E-state index in [1.165, 1.54) is 30.5 Å². The van der Waals surface area contributed by atoms with E-state index in [9.17, 15) is 0 Å². The third-order valence-electron chi connectivity index (χ3n) is 4.37. The van der Waals surface area contributed by atoms with Crippen LogP contribution in [0.3, 0.4) is 0 Å². The molecule has 0 N–H and O–H groups in total. The summed E-state index contributed by atoms with van der Waals surface area (Å²) in [7, 11) is -4.94. The predicted octanol–water partition coefficient (Wildman–Crippen LogP) is -2.51. The minimum atomic E-state index is -4.94. The van der Waals surface area contributed by atoms with Crippen molar-refractivity contribution < 1.29 is 38.8 Å². The van der Waals surface area contributed by atoms with Crippen LogP contribution in [0.2, 0.25) is 0 Å². The lowest BCUT2D eigenvalue weighted by Crippen LogP contribution is -2.68. The van der Waals surface area contributed by atoms with Crippen molar-refractivity contribution in [2.75, 3.05) is 0 Å². The molecule has 0 spiro atoms. The van der Waals surface area contributed by atoms with Gasteiger partial charge < -0.3 is 0 Å². The van der Waals surface area contributed by atoms with Gasteiger partial charge in [-0.25, -0.2) is 18.6 Å². The molecule has 2 aliphatic carbocycles. The molecule has 0 unspecified atom stereocenters. The molecule has 1 heterocycles. The zero-order chi connectivity index (χ0) is 20.7. The van der Waals surface area contributed by atoms with Crippen LogP contribution in [0.15, 0.2) is 29.3 Å². The molecule has 0 atom stereocenters. The number of benzene rings is 1. The number of halogens is 1. The molecule has 2 saturated carbocycles. The smallest absolute Gasteiger partial charge is 0.222 e. The molecule has 2 fully saturated rings. The quantitative estimate of drug-likeness (QED) is 0.167. The molecule has 0 bridgehead atoms. The van der Waals surface area contributed by atoms with E-state index in [4.69, 9.17) is 28.5 Å². The first kappa shape index (κ1) is 21.2. The lowest BCUT2D eigenvalue weighted by molar-refractivity contribution is -2.00. The fourth-order valence-corrected chi connectivity index (χ4v) is 3.09. The Morgan fingerprint density at radius 1 is 1.00 bits per heavy atom. The zero-order valence-corrected chi connectivity index (χ0v) is 16.3. The molecule has 0 aliphatic heterocycles. The van der Waals surface area contributed by atoms with E-state index in [2.05, 4.69) is 20.0 Å². The number of hydrogen-bond donors (Lipinski definition) is 0. The summed E-state index contributed by atoms with van der Waals surface area (Å²) in [6.45, 7) is 0. The number of aliphatic imine (C=N–C) groups is 1. The van der Waals surface area contributed by atoms with Crippen LogP contribution in [0.4, 0.5) is 0 Å². The van der Waals surface area contributed by atoms with Crippen molar-refractivity contribution in [3.8, 4) is 0 Å². The fraction of sp³-hybridized carbons (Fsp3) is 0.471. The summed E-state index contributed by atoms with van der Waals surface area (Å²) in [5.74, 6) is 0. The number of hydrogen-bond acceptors (Lipinski definition) is 8. The van der Waals surface area contributed by atoms with E-state index in [1.54, 1.807) is 0 Å². The predicted molar refractivity (Wildman–Crippen MR) is 91.7 cm³/mol. The lowest BCUT2D eigenvalue weighted by atomic mass is 10.3. The topological polar surface area (TPSA) is 168 Å². The minimum absolute atomic E-state index is 0.267. The van der Waals surface area contributed by atoms with Crippen molar-refractivity contribution in [2.24, 2.45) is 4.99 Å². The van der Waals surface area contributed by atoms with Gasteiger partial charge in [0.25, 0.3) is 0 Å².